The van der Waals surface area contributed by atoms with Gasteiger partial charge in [0.15, 0.2) is 0 Å². The van der Waals surface area contributed by atoms with Crippen LogP contribution in [0, 0.1) is 13.8 Å². The average Bonchev–Trinajstić information content (AvgIpc) is 2.33. The van der Waals surface area contributed by atoms with Crippen LogP contribution in [-0.4, -0.2) is 16.0 Å². The van der Waals surface area contributed by atoms with Crippen LogP contribution in [0.2, 0.25) is 0 Å². The van der Waals surface area contributed by atoms with Crippen LogP contribution in [0.15, 0.2) is 35.3 Å². The fraction of sp³-hybridized carbons (Fsp3) is 0.143. The summed E-state index contributed by atoms with van der Waals surface area (Å²) in [5.74, 6) is -0.818. The fourth-order valence-electron chi connectivity index (χ4n) is 1.66. The highest BCUT2D eigenvalue weighted by Crippen LogP contribution is 2.17. The Labute approximate surface area is 109 Å². The minimum absolute atomic E-state index is 0.0258. The minimum atomic E-state index is -0.475. The van der Waals surface area contributed by atoms with Gasteiger partial charge >= 0.3 is 0 Å². The molecule has 2 aromatic rings. The number of hydrogen-bond donors (Lipinski definition) is 3. The van der Waals surface area contributed by atoms with E-state index in [1.165, 1.54) is 6.20 Å². The maximum Gasteiger partial charge on any atom is 0.260 e. The molecule has 1 amide bonds. The SMILES string of the molecule is Cc1ccc(NC(=O)c2c[nH]c(=O)cc2O)cc1C. The summed E-state index contributed by atoms with van der Waals surface area (Å²) < 4.78 is 0. The van der Waals surface area contributed by atoms with Gasteiger partial charge in [-0.05, 0) is 37.1 Å². The van der Waals surface area contributed by atoms with Crippen LogP contribution in [0.5, 0.6) is 5.75 Å². The molecule has 0 bridgehead atoms. The summed E-state index contributed by atoms with van der Waals surface area (Å²) in [6, 6.07) is 6.49. The molecule has 0 aliphatic rings. The van der Waals surface area contributed by atoms with Crippen LogP contribution >= 0.6 is 0 Å². The number of aromatic nitrogens is 1. The molecule has 0 saturated heterocycles. The smallest absolute Gasteiger partial charge is 0.260 e. The molecule has 0 fully saturated rings. The minimum Gasteiger partial charge on any atom is -0.507 e. The van der Waals surface area contributed by atoms with E-state index in [2.05, 4.69) is 10.3 Å². The number of benzene rings is 1. The third kappa shape index (κ3) is 2.82. The largest absolute Gasteiger partial charge is 0.507 e. The molecular weight excluding hydrogens is 244 g/mol. The third-order valence-corrected chi connectivity index (χ3v) is 2.91. The Kier molecular flexibility index (Phi) is 3.37. The van der Waals surface area contributed by atoms with Gasteiger partial charge in [-0.2, -0.15) is 0 Å². The quantitative estimate of drug-likeness (QED) is 0.770. The summed E-state index contributed by atoms with van der Waals surface area (Å²) in [5.41, 5.74) is 2.39. The Hall–Kier alpha value is -2.56. The number of aromatic amines is 1. The van der Waals surface area contributed by atoms with E-state index in [1.807, 2.05) is 26.0 Å². The first kappa shape index (κ1) is 12.9. The molecule has 1 aromatic heterocycles. The molecule has 19 heavy (non-hydrogen) atoms. The third-order valence-electron chi connectivity index (χ3n) is 2.91. The summed E-state index contributed by atoms with van der Waals surface area (Å²) in [4.78, 5) is 25.3. The zero-order chi connectivity index (χ0) is 14.0. The van der Waals surface area contributed by atoms with Crippen molar-refractivity contribution in [3.05, 3.63) is 57.5 Å². The highest BCUT2D eigenvalue weighted by Gasteiger charge is 2.12. The van der Waals surface area contributed by atoms with Gasteiger partial charge in [0.05, 0.1) is 5.56 Å². The van der Waals surface area contributed by atoms with Crippen molar-refractivity contribution < 1.29 is 9.90 Å². The zero-order valence-electron chi connectivity index (χ0n) is 10.7. The van der Waals surface area contributed by atoms with Crippen LogP contribution in [0.3, 0.4) is 0 Å². The normalized spacial score (nSPS) is 10.2. The number of rotatable bonds is 2. The van der Waals surface area contributed by atoms with Gasteiger partial charge < -0.3 is 15.4 Å². The monoisotopic (exact) mass is 258 g/mol. The number of carbonyl (C=O) groups excluding carboxylic acids is 1. The maximum absolute atomic E-state index is 11.9. The van der Waals surface area contributed by atoms with Gasteiger partial charge in [0.25, 0.3) is 11.5 Å². The van der Waals surface area contributed by atoms with Crippen molar-refractivity contribution in [2.45, 2.75) is 13.8 Å². The second-order valence-corrected chi connectivity index (χ2v) is 4.35. The molecule has 1 heterocycles. The van der Waals surface area contributed by atoms with Crippen molar-refractivity contribution in [3.63, 3.8) is 0 Å². The highest BCUT2D eigenvalue weighted by molar-refractivity contribution is 6.05. The second-order valence-electron chi connectivity index (χ2n) is 4.35. The van der Waals surface area contributed by atoms with E-state index in [1.54, 1.807) is 6.07 Å². The molecule has 0 atom stereocenters. The molecule has 0 unspecified atom stereocenters. The first-order chi connectivity index (χ1) is 8.97. The number of nitrogens with one attached hydrogen (secondary N) is 2. The lowest BCUT2D eigenvalue weighted by atomic mass is 10.1. The molecule has 0 aliphatic carbocycles. The number of amides is 1. The van der Waals surface area contributed by atoms with E-state index in [9.17, 15) is 14.7 Å². The molecule has 5 nitrogen and oxygen atoms in total. The summed E-state index contributed by atoms with van der Waals surface area (Å²) in [6.07, 6.45) is 1.19. The van der Waals surface area contributed by atoms with Crippen LogP contribution < -0.4 is 10.9 Å². The summed E-state index contributed by atoms with van der Waals surface area (Å²) >= 11 is 0. The molecule has 0 aliphatic heterocycles. The molecular formula is C14H14N2O3. The molecule has 0 spiro atoms. The predicted octanol–water partition coefficient (Wildman–Crippen LogP) is 1.95. The molecule has 0 radical (unpaired) electrons. The van der Waals surface area contributed by atoms with Gasteiger partial charge in [0, 0.05) is 18.0 Å². The number of aryl methyl sites for hydroxylation is 2. The maximum atomic E-state index is 11.9. The van der Waals surface area contributed by atoms with Crippen LogP contribution in [0.4, 0.5) is 5.69 Å². The standard InChI is InChI=1S/C14H14N2O3/c1-8-3-4-10(5-9(8)2)16-14(19)11-7-15-13(18)6-12(11)17/h3-7H,1-2H3,(H,16,19)(H2,15,17,18). The lowest BCUT2D eigenvalue weighted by Crippen LogP contribution is -2.15. The summed E-state index contributed by atoms with van der Waals surface area (Å²) in [7, 11) is 0. The summed E-state index contributed by atoms with van der Waals surface area (Å²) in [5, 5.41) is 12.2. The van der Waals surface area contributed by atoms with Crippen molar-refractivity contribution in [1.29, 1.82) is 0 Å². The lowest BCUT2D eigenvalue weighted by Gasteiger charge is -2.08. The van der Waals surface area contributed by atoms with Gasteiger partial charge in [0.2, 0.25) is 0 Å². The Morgan fingerprint density at radius 3 is 2.58 bits per heavy atom. The van der Waals surface area contributed by atoms with E-state index in [0.717, 1.165) is 17.2 Å². The molecule has 3 N–H and O–H groups in total. The molecule has 5 heteroatoms. The topological polar surface area (TPSA) is 82.2 Å². The van der Waals surface area contributed by atoms with Crippen LogP contribution in [-0.2, 0) is 0 Å². The van der Waals surface area contributed by atoms with Crippen LogP contribution in [0.25, 0.3) is 0 Å². The van der Waals surface area contributed by atoms with Crippen molar-refractivity contribution in [2.75, 3.05) is 5.32 Å². The number of pyridine rings is 1. The van der Waals surface area contributed by atoms with Crippen LogP contribution in [0.1, 0.15) is 21.5 Å². The number of carbonyl (C=O) groups is 1. The number of aromatic hydroxyl groups is 1. The van der Waals surface area contributed by atoms with Gasteiger partial charge in [0.1, 0.15) is 5.75 Å². The Morgan fingerprint density at radius 2 is 1.95 bits per heavy atom. The number of H-pyrrole nitrogens is 1. The van der Waals surface area contributed by atoms with Gasteiger partial charge in [-0.1, -0.05) is 6.07 Å². The van der Waals surface area contributed by atoms with E-state index in [0.29, 0.717) is 5.69 Å². The van der Waals surface area contributed by atoms with Crippen molar-refractivity contribution in [1.82, 2.24) is 4.98 Å². The second kappa shape index (κ2) is 4.97. The molecule has 1 aromatic carbocycles. The van der Waals surface area contributed by atoms with E-state index in [-0.39, 0.29) is 11.3 Å². The average molecular weight is 258 g/mol. The van der Waals surface area contributed by atoms with Gasteiger partial charge in [-0.3, -0.25) is 9.59 Å². The first-order valence-corrected chi connectivity index (χ1v) is 5.77. The van der Waals surface area contributed by atoms with Gasteiger partial charge in [-0.15, -0.1) is 0 Å². The van der Waals surface area contributed by atoms with E-state index >= 15 is 0 Å². The van der Waals surface area contributed by atoms with Crippen molar-refractivity contribution in [2.24, 2.45) is 0 Å². The number of hydrogen-bond acceptors (Lipinski definition) is 3. The molecule has 2 rings (SSSR count). The number of anilines is 1. The Balaban J connectivity index is 2.25. The fourth-order valence-corrected chi connectivity index (χ4v) is 1.66. The highest BCUT2D eigenvalue weighted by atomic mass is 16.3. The first-order valence-electron chi connectivity index (χ1n) is 5.77. The van der Waals surface area contributed by atoms with Gasteiger partial charge in [-0.25, -0.2) is 0 Å². The Bertz CT molecular complexity index is 689. The van der Waals surface area contributed by atoms with E-state index in [4.69, 9.17) is 0 Å². The zero-order valence-corrected chi connectivity index (χ0v) is 10.7. The lowest BCUT2D eigenvalue weighted by molar-refractivity contribution is 0.102. The summed E-state index contributed by atoms with van der Waals surface area (Å²) in [6.45, 7) is 3.93. The predicted molar refractivity (Wildman–Crippen MR) is 72.6 cm³/mol. The Morgan fingerprint density at radius 1 is 1.21 bits per heavy atom. The van der Waals surface area contributed by atoms with E-state index < -0.39 is 11.5 Å². The van der Waals surface area contributed by atoms with Crippen molar-refractivity contribution >= 4 is 11.6 Å². The molecule has 0 saturated carbocycles. The molecule has 98 valence electrons. The van der Waals surface area contributed by atoms with Crippen molar-refractivity contribution in [3.8, 4) is 5.75 Å².